The minimum Gasteiger partial charge on any atom is -0.467 e. The van der Waals surface area contributed by atoms with Gasteiger partial charge in [0.05, 0.1) is 18.8 Å². The van der Waals surface area contributed by atoms with Crippen LogP contribution in [0.15, 0.2) is 65.8 Å². The Bertz CT molecular complexity index is 1150. The molecule has 0 saturated carbocycles. The maximum Gasteiger partial charge on any atom is 0.260 e. The Kier molecular flexibility index (Phi) is 4.52. The van der Waals surface area contributed by atoms with Crippen molar-refractivity contribution in [3.63, 3.8) is 0 Å². The van der Waals surface area contributed by atoms with Gasteiger partial charge in [0.1, 0.15) is 11.6 Å². The molecule has 2 aliphatic heterocycles. The van der Waals surface area contributed by atoms with Gasteiger partial charge in [-0.1, -0.05) is 47.6 Å². The first kappa shape index (κ1) is 18.4. The van der Waals surface area contributed by atoms with Crippen molar-refractivity contribution in [1.29, 1.82) is 0 Å². The molecular formula is C23H17FN2O4. The molecule has 0 aliphatic carbocycles. The summed E-state index contributed by atoms with van der Waals surface area (Å²) in [7, 11) is 0. The molecule has 2 aliphatic rings. The molecule has 1 amide bonds. The van der Waals surface area contributed by atoms with Gasteiger partial charge in [-0.3, -0.25) is 4.79 Å². The second-order valence-corrected chi connectivity index (χ2v) is 7.24. The smallest absolute Gasteiger partial charge is 0.260 e. The van der Waals surface area contributed by atoms with Crippen molar-refractivity contribution in [1.82, 2.24) is 0 Å². The number of nitroso groups, excluding NO2 is 1. The summed E-state index contributed by atoms with van der Waals surface area (Å²) >= 11 is 0. The van der Waals surface area contributed by atoms with Crippen LogP contribution < -0.4 is 9.64 Å². The Balaban J connectivity index is 1.58. The van der Waals surface area contributed by atoms with Crippen LogP contribution in [0.5, 0.6) is 5.75 Å². The molecule has 3 aromatic carbocycles. The number of hydrogen-bond acceptors (Lipinski definition) is 5. The summed E-state index contributed by atoms with van der Waals surface area (Å²) in [5, 5.41) is 3.04. The highest BCUT2D eigenvalue weighted by Crippen LogP contribution is 2.42. The summed E-state index contributed by atoms with van der Waals surface area (Å²) in [6.45, 7) is 0.365. The van der Waals surface area contributed by atoms with E-state index in [1.165, 1.54) is 17.0 Å². The van der Waals surface area contributed by atoms with E-state index in [1.54, 1.807) is 6.07 Å². The van der Waals surface area contributed by atoms with E-state index in [9.17, 15) is 14.1 Å². The van der Waals surface area contributed by atoms with Crippen LogP contribution in [0, 0.1) is 10.7 Å². The number of ether oxygens (including phenoxy) is 2. The zero-order chi connectivity index (χ0) is 20.7. The second-order valence-electron chi connectivity index (χ2n) is 7.24. The number of fused-ring (bicyclic) bond motifs is 2. The first-order valence-electron chi connectivity index (χ1n) is 9.51. The third-order valence-corrected chi connectivity index (χ3v) is 5.41. The maximum atomic E-state index is 14.2. The van der Waals surface area contributed by atoms with Gasteiger partial charge in [-0.25, -0.2) is 4.39 Å². The van der Waals surface area contributed by atoms with Crippen molar-refractivity contribution in [3.8, 4) is 16.9 Å². The normalized spacial score (nSPS) is 17.3. The highest BCUT2D eigenvalue weighted by Gasteiger charge is 2.39. The van der Waals surface area contributed by atoms with Crippen molar-refractivity contribution in [2.75, 3.05) is 11.7 Å². The average Bonchev–Trinajstić information content (AvgIpc) is 3.04. The van der Waals surface area contributed by atoms with E-state index >= 15 is 0 Å². The van der Waals surface area contributed by atoms with E-state index in [1.807, 2.05) is 42.5 Å². The maximum absolute atomic E-state index is 14.2. The van der Waals surface area contributed by atoms with Crippen molar-refractivity contribution < 1.29 is 18.7 Å². The summed E-state index contributed by atoms with van der Waals surface area (Å²) in [6, 6.07) is 16.8. The van der Waals surface area contributed by atoms with E-state index < -0.39 is 17.8 Å². The summed E-state index contributed by atoms with van der Waals surface area (Å²) in [4.78, 5) is 25.9. The largest absolute Gasteiger partial charge is 0.467 e. The van der Waals surface area contributed by atoms with Gasteiger partial charge in [0.15, 0.2) is 12.8 Å². The molecule has 0 radical (unpaired) electrons. The fraction of sp³-hybridized carbons (Fsp3) is 0.174. The van der Waals surface area contributed by atoms with Crippen LogP contribution in [-0.4, -0.2) is 12.7 Å². The lowest BCUT2D eigenvalue weighted by molar-refractivity contribution is -0.119. The molecule has 150 valence electrons. The zero-order valence-electron chi connectivity index (χ0n) is 15.9. The lowest BCUT2D eigenvalue weighted by Crippen LogP contribution is -2.28. The van der Waals surface area contributed by atoms with Gasteiger partial charge in [0, 0.05) is 16.7 Å². The number of halogens is 1. The minimum atomic E-state index is -1.11. The van der Waals surface area contributed by atoms with Crippen molar-refractivity contribution in [2.45, 2.75) is 19.2 Å². The van der Waals surface area contributed by atoms with Crippen LogP contribution >= 0.6 is 0 Å². The second kappa shape index (κ2) is 7.35. The van der Waals surface area contributed by atoms with Crippen LogP contribution in [0.1, 0.15) is 22.7 Å². The summed E-state index contributed by atoms with van der Waals surface area (Å²) < 4.78 is 25.0. The number of benzene rings is 3. The SMILES string of the molecule is O=NC1C(=O)N(Cc2cc(F)cc3c2OCOC3)c2cc(-c3ccccc3)ccc21. The molecule has 3 aromatic rings. The highest BCUT2D eigenvalue weighted by molar-refractivity contribution is 6.05. The predicted molar refractivity (Wildman–Crippen MR) is 108 cm³/mol. The van der Waals surface area contributed by atoms with Crippen LogP contribution in [0.4, 0.5) is 10.1 Å². The van der Waals surface area contributed by atoms with E-state index in [0.717, 1.165) is 11.1 Å². The van der Waals surface area contributed by atoms with Crippen LogP contribution in [-0.2, 0) is 22.7 Å². The molecule has 7 heteroatoms. The van der Waals surface area contributed by atoms with Gasteiger partial charge in [0.25, 0.3) is 5.91 Å². The summed E-state index contributed by atoms with van der Waals surface area (Å²) in [5.41, 5.74) is 4.14. The Hall–Kier alpha value is -3.58. The molecule has 0 spiro atoms. The molecule has 6 nitrogen and oxygen atoms in total. The van der Waals surface area contributed by atoms with Gasteiger partial charge in [-0.05, 0) is 29.3 Å². The molecule has 1 atom stereocenters. The van der Waals surface area contributed by atoms with Gasteiger partial charge in [-0.2, -0.15) is 0 Å². The lowest BCUT2D eigenvalue weighted by atomic mass is 10.0. The zero-order valence-corrected chi connectivity index (χ0v) is 15.9. The fourth-order valence-electron chi connectivity index (χ4n) is 4.03. The van der Waals surface area contributed by atoms with Crippen molar-refractivity contribution in [2.24, 2.45) is 5.18 Å². The molecule has 0 fully saturated rings. The number of hydrogen-bond donors (Lipinski definition) is 0. The van der Waals surface area contributed by atoms with E-state index in [4.69, 9.17) is 9.47 Å². The van der Waals surface area contributed by atoms with Gasteiger partial charge >= 0.3 is 0 Å². The standard InChI is InChI=1S/C23H17FN2O4/c24-18-8-16(22-17(9-18)12-29-13-30-22)11-26-20-10-15(14-4-2-1-3-5-14)6-7-19(20)21(25-28)23(26)27/h1-10,21H,11-13H2. The monoisotopic (exact) mass is 404 g/mol. The molecule has 0 bridgehead atoms. The Morgan fingerprint density at radius 2 is 1.90 bits per heavy atom. The van der Waals surface area contributed by atoms with Gasteiger partial charge in [-0.15, -0.1) is 4.91 Å². The number of rotatable bonds is 4. The third kappa shape index (κ3) is 3.04. The van der Waals surface area contributed by atoms with Gasteiger partial charge in [0.2, 0.25) is 0 Å². The topological polar surface area (TPSA) is 68.2 Å². The van der Waals surface area contributed by atoms with Gasteiger partial charge < -0.3 is 14.4 Å². The van der Waals surface area contributed by atoms with Crippen LogP contribution in [0.2, 0.25) is 0 Å². The number of anilines is 1. The lowest BCUT2D eigenvalue weighted by Gasteiger charge is -2.24. The first-order valence-corrected chi connectivity index (χ1v) is 9.51. The fourth-order valence-corrected chi connectivity index (χ4v) is 4.03. The van der Waals surface area contributed by atoms with Crippen LogP contribution in [0.3, 0.4) is 0 Å². The molecular weight excluding hydrogens is 387 g/mol. The molecule has 30 heavy (non-hydrogen) atoms. The molecule has 5 rings (SSSR count). The molecule has 0 saturated heterocycles. The summed E-state index contributed by atoms with van der Waals surface area (Å²) in [5.74, 6) is -0.359. The Morgan fingerprint density at radius 1 is 1.07 bits per heavy atom. The van der Waals surface area contributed by atoms with Crippen molar-refractivity contribution in [3.05, 3.63) is 88.1 Å². The quantitative estimate of drug-likeness (QED) is 0.591. The molecule has 2 heterocycles. The van der Waals surface area contributed by atoms with Crippen LogP contribution in [0.25, 0.3) is 11.1 Å². The number of amides is 1. The first-order chi connectivity index (χ1) is 14.7. The predicted octanol–water partition coefficient (Wildman–Crippen LogP) is 4.71. The highest BCUT2D eigenvalue weighted by atomic mass is 19.1. The molecule has 0 aromatic heterocycles. The number of carbonyl (C=O) groups excluding carboxylic acids is 1. The number of nitrogens with zero attached hydrogens (tertiary/aromatic N) is 2. The average molecular weight is 404 g/mol. The Morgan fingerprint density at radius 3 is 2.70 bits per heavy atom. The third-order valence-electron chi connectivity index (χ3n) is 5.41. The molecule has 1 unspecified atom stereocenters. The Labute approximate surface area is 171 Å². The number of carbonyl (C=O) groups is 1. The van der Waals surface area contributed by atoms with E-state index in [2.05, 4.69) is 5.18 Å². The summed E-state index contributed by atoms with van der Waals surface area (Å²) in [6.07, 6.45) is 0. The minimum absolute atomic E-state index is 0.0623. The molecule has 0 N–H and O–H groups in total. The van der Waals surface area contributed by atoms with E-state index in [-0.39, 0.29) is 19.9 Å². The van der Waals surface area contributed by atoms with E-state index in [0.29, 0.717) is 28.1 Å². The van der Waals surface area contributed by atoms with Crippen molar-refractivity contribution >= 4 is 11.6 Å².